The number of amides is 1. The molecule has 1 aliphatic heterocycles. The van der Waals surface area contributed by atoms with Crippen molar-refractivity contribution in [1.29, 1.82) is 0 Å². The Bertz CT molecular complexity index is 1190. The summed E-state index contributed by atoms with van der Waals surface area (Å²) in [5.41, 5.74) is 0.294. The topological polar surface area (TPSA) is 127 Å². The van der Waals surface area contributed by atoms with Crippen LogP contribution in [-0.2, 0) is 29.4 Å². The molecule has 2 heterocycles. The number of sulfonamides is 1. The molecular formula is C20H24N2O7S3. The molecule has 0 bridgehead atoms. The van der Waals surface area contributed by atoms with Crippen LogP contribution in [0, 0.1) is 5.92 Å². The maximum atomic E-state index is 12.9. The molecule has 12 heteroatoms. The van der Waals surface area contributed by atoms with E-state index in [1.54, 1.807) is 18.4 Å². The van der Waals surface area contributed by atoms with E-state index >= 15 is 0 Å². The molecule has 1 aliphatic rings. The number of nitrogens with zero attached hydrogens (tertiary/aromatic N) is 1. The van der Waals surface area contributed by atoms with E-state index in [4.69, 9.17) is 4.74 Å². The summed E-state index contributed by atoms with van der Waals surface area (Å²) in [7, 11) is -7.22. The Labute approximate surface area is 191 Å². The fourth-order valence-electron chi connectivity index (χ4n) is 3.36. The number of carbonyl (C=O) groups excluding carboxylic acids is 2. The maximum absolute atomic E-state index is 12.9. The van der Waals surface area contributed by atoms with Gasteiger partial charge in [0.15, 0.2) is 9.84 Å². The van der Waals surface area contributed by atoms with Gasteiger partial charge >= 0.3 is 5.97 Å². The SMILES string of the molecule is CCOC(=O)c1ccsc1NC(=O)C1CCN(S(=O)(=O)c2ccc(S(C)(=O)=O)cc2)CC1. The van der Waals surface area contributed by atoms with Crippen molar-refractivity contribution in [2.45, 2.75) is 29.6 Å². The van der Waals surface area contributed by atoms with Crippen LogP contribution in [0.15, 0.2) is 45.5 Å². The molecule has 9 nitrogen and oxygen atoms in total. The molecule has 0 radical (unpaired) electrons. The molecule has 32 heavy (non-hydrogen) atoms. The molecule has 1 N–H and O–H groups in total. The number of carbonyl (C=O) groups is 2. The van der Waals surface area contributed by atoms with Gasteiger partial charge in [-0.1, -0.05) is 0 Å². The molecule has 3 rings (SSSR count). The summed E-state index contributed by atoms with van der Waals surface area (Å²) in [6, 6.07) is 6.67. The first kappa shape index (κ1) is 24.4. The number of rotatable bonds is 7. The minimum atomic E-state index is -3.80. The third kappa shape index (κ3) is 5.37. The first-order valence-corrected chi connectivity index (χ1v) is 14.1. The predicted octanol–water partition coefficient (Wildman–Crippen LogP) is 2.37. The van der Waals surface area contributed by atoms with Crippen LogP contribution >= 0.6 is 11.3 Å². The highest BCUT2D eigenvalue weighted by Crippen LogP contribution is 2.28. The van der Waals surface area contributed by atoms with Crippen molar-refractivity contribution in [3.05, 3.63) is 41.3 Å². The van der Waals surface area contributed by atoms with Crippen LogP contribution in [0.2, 0.25) is 0 Å². The zero-order chi connectivity index (χ0) is 23.5. The molecule has 1 aromatic heterocycles. The molecule has 0 spiro atoms. The summed E-state index contributed by atoms with van der Waals surface area (Å²) in [5, 5.41) is 4.86. The second-order valence-corrected chi connectivity index (χ2v) is 12.2. The molecule has 0 saturated carbocycles. The van der Waals surface area contributed by atoms with E-state index < -0.39 is 31.7 Å². The quantitative estimate of drug-likeness (QED) is 0.578. The number of hydrogen-bond donors (Lipinski definition) is 1. The average molecular weight is 501 g/mol. The highest BCUT2D eigenvalue weighted by molar-refractivity contribution is 7.90. The first-order valence-electron chi connectivity index (χ1n) is 9.89. The number of anilines is 1. The Hall–Kier alpha value is -2.28. The fraction of sp³-hybridized carbons (Fsp3) is 0.400. The molecule has 0 unspecified atom stereocenters. The Morgan fingerprint density at radius 3 is 2.22 bits per heavy atom. The molecule has 1 saturated heterocycles. The van der Waals surface area contributed by atoms with Crippen LogP contribution in [0.1, 0.15) is 30.1 Å². The molecule has 1 fully saturated rings. The summed E-state index contributed by atoms with van der Waals surface area (Å²) in [6.45, 7) is 2.24. The fourth-order valence-corrected chi connectivity index (χ4v) is 6.23. The van der Waals surface area contributed by atoms with Gasteiger partial charge in [0.25, 0.3) is 0 Å². The molecule has 174 valence electrons. The van der Waals surface area contributed by atoms with E-state index in [2.05, 4.69) is 5.32 Å². The minimum Gasteiger partial charge on any atom is -0.462 e. The van der Waals surface area contributed by atoms with Crippen LogP contribution in [-0.4, -0.2) is 59.0 Å². The van der Waals surface area contributed by atoms with Crippen LogP contribution in [0.3, 0.4) is 0 Å². The first-order chi connectivity index (χ1) is 15.0. The number of benzene rings is 1. The van der Waals surface area contributed by atoms with Crippen LogP contribution in [0.4, 0.5) is 5.00 Å². The van der Waals surface area contributed by atoms with Gasteiger partial charge in [-0.3, -0.25) is 4.79 Å². The van der Waals surface area contributed by atoms with Crippen molar-refractivity contribution in [3.63, 3.8) is 0 Å². The molecular weight excluding hydrogens is 476 g/mol. The minimum absolute atomic E-state index is 0.00506. The Morgan fingerprint density at radius 2 is 1.66 bits per heavy atom. The van der Waals surface area contributed by atoms with Crippen molar-refractivity contribution < 1.29 is 31.2 Å². The lowest BCUT2D eigenvalue weighted by Gasteiger charge is -2.30. The molecule has 2 aromatic rings. The van der Waals surface area contributed by atoms with Gasteiger partial charge in [-0.15, -0.1) is 11.3 Å². The lowest BCUT2D eigenvalue weighted by atomic mass is 9.97. The summed E-state index contributed by atoms with van der Waals surface area (Å²) >= 11 is 1.22. The molecule has 0 aliphatic carbocycles. The van der Waals surface area contributed by atoms with Crippen molar-refractivity contribution >= 4 is 48.1 Å². The number of nitrogens with one attached hydrogen (secondary N) is 1. The standard InChI is InChI=1S/C20H24N2O7S3/c1-3-29-20(24)17-10-13-30-19(17)21-18(23)14-8-11-22(12-9-14)32(27,28)16-6-4-15(5-7-16)31(2,25)26/h4-7,10,13-14H,3,8-9,11-12H2,1-2H3,(H,21,23). The third-order valence-corrected chi connectivity index (χ3v) is 8.98. The predicted molar refractivity (Wildman–Crippen MR) is 120 cm³/mol. The Morgan fingerprint density at radius 1 is 1.06 bits per heavy atom. The van der Waals surface area contributed by atoms with Gasteiger partial charge in [0.2, 0.25) is 15.9 Å². The van der Waals surface area contributed by atoms with Crippen LogP contribution < -0.4 is 5.32 Å². The molecule has 1 amide bonds. The Kier molecular flexibility index (Phi) is 7.38. The zero-order valence-electron chi connectivity index (χ0n) is 17.6. The van der Waals surface area contributed by atoms with Crippen LogP contribution in [0.5, 0.6) is 0 Å². The number of piperidine rings is 1. The smallest absolute Gasteiger partial charge is 0.341 e. The number of hydrogen-bond acceptors (Lipinski definition) is 8. The molecule has 0 atom stereocenters. The summed E-state index contributed by atoms with van der Waals surface area (Å²) in [5.74, 6) is -1.18. The average Bonchev–Trinajstić information content (AvgIpc) is 3.21. The lowest BCUT2D eigenvalue weighted by molar-refractivity contribution is -0.120. The monoisotopic (exact) mass is 500 g/mol. The van der Waals surface area contributed by atoms with E-state index in [1.807, 2.05) is 0 Å². The number of thiophene rings is 1. The third-order valence-electron chi connectivity index (χ3n) is 5.11. The van der Waals surface area contributed by atoms with E-state index in [-0.39, 0.29) is 35.4 Å². The van der Waals surface area contributed by atoms with E-state index in [9.17, 15) is 26.4 Å². The van der Waals surface area contributed by atoms with E-state index in [0.717, 1.165) is 6.26 Å². The summed E-state index contributed by atoms with van der Waals surface area (Å²) in [6.07, 6.45) is 1.71. The number of sulfone groups is 1. The Balaban J connectivity index is 1.63. The second kappa shape index (κ2) is 9.69. The van der Waals surface area contributed by atoms with Crippen molar-refractivity contribution in [2.24, 2.45) is 5.92 Å². The lowest BCUT2D eigenvalue weighted by Crippen LogP contribution is -2.41. The normalized spacial score (nSPS) is 15.9. The zero-order valence-corrected chi connectivity index (χ0v) is 20.1. The van der Waals surface area contributed by atoms with E-state index in [0.29, 0.717) is 23.4 Å². The molecule has 1 aromatic carbocycles. The van der Waals surface area contributed by atoms with Crippen molar-refractivity contribution in [3.8, 4) is 0 Å². The largest absolute Gasteiger partial charge is 0.462 e. The van der Waals surface area contributed by atoms with Gasteiger partial charge in [-0.25, -0.2) is 21.6 Å². The highest BCUT2D eigenvalue weighted by Gasteiger charge is 2.32. The van der Waals surface area contributed by atoms with Gasteiger partial charge in [-0.05, 0) is 55.5 Å². The summed E-state index contributed by atoms with van der Waals surface area (Å²) in [4.78, 5) is 24.7. The van der Waals surface area contributed by atoms with E-state index in [1.165, 1.54) is 39.9 Å². The number of ether oxygens (including phenoxy) is 1. The highest BCUT2D eigenvalue weighted by atomic mass is 32.2. The van der Waals surface area contributed by atoms with Gasteiger partial charge in [0, 0.05) is 25.3 Å². The number of esters is 1. The van der Waals surface area contributed by atoms with Gasteiger partial charge in [-0.2, -0.15) is 4.31 Å². The van der Waals surface area contributed by atoms with Gasteiger partial charge in [0.1, 0.15) is 5.00 Å². The van der Waals surface area contributed by atoms with Crippen molar-refractivity contribution in [2.75, 3.05) is 31.3 Å². The van der Waals surface area contributed by atoms with Gasteiger partial charge in [0.05, 0.1) is 22.0 Å². The maximum Gasteiger partial charge on any atom is 0.341 e. The summed E-state index contributed by atoms with van der Waals surface area (Å²) < 4.78 is 55.2. The van der Waals surface area contributed by atoms with Crippen LogP contribution in [0.25, 0.3) is 0 Å². The second-order valence-electron chi connectivity index (χ2n) is 7.30. The van der Waals surface area contributed by atoms with Crippen molar-refractivity contribution in [1.82, 2.24) is 4.31 Å². The van der Waals surface area contributed by atoms with Gasteiger partial charge < -0.3 is 10.1 Å².